The smallest absolute Gasteiger partial charge is 0.256 e. The number of piperidine rings is 1. The second kappa shape index (κ2) is 11.1. The zero-order chi connectivity index (χ0) is 26.7. The first kappa shape index (κ1) is 26.2. The molecule has 1 spiro atoms. The number of rotatable bonds is 6. The largest absolute Gasteiger partial charge is 0.497 e. The van der Waals surface area contributed by atoms with Gasteiger partial charge < -0.3 is 24.4 Å². The van der Waals surface area contributed by atoms with Gasteiger partial charge in [0.2, 0.25) is 5.91 Å². The molecule has 38 heavy (non-hydrogen) atoms. The number of nitrogens with zero attached hydrogens (tertiary/aromatic N) is 2. The van der Waals surface area contributed by atoms with Crippen LogP contribution in [0.1, 0.15) is 52.0 Å². The highest BCUT2D eigenvalue weighted by atomic mass is 16.5. The van der Waals surface area contributed by atoms with E-state index in [-0.39, 0.29) is 30.4 Å². The molecule has 3 heterocycles. The van der Waals surface area contributed by atoms with Crippen molar-refractivity contribution in [2.75, 3.05) is 40.0 Å². The predicted octanol–water partition coefficient (Wildman–Crippen LogP) is 2.77. The summed E-state index contributed by atoms with van der Waals surface area (Å²) in [5, 5.41) is 2.98. The van der Waals surface area contributed by atoms with Crippen molar-refractivity contribution < 1.29 is 28.6 Å². The lowest BCUT2D eigenvalue weighted by Gasteiger charge is -2.44. The van der Waals surface area contributed by atoms with E-state index in [1.165, 1.54) is 0 Å². The number of benzene rings is 2. The molecule has 0 aliphatic carbocycles. The van der Waals surface area contributed by atoms with E-state index in [1.54, 1.807) is 53.3 Å². The van der Waals surface area contributed by atoms with Crippen LogP contribution in [-0.2, 0) is 14.3 Å². The fraction of sp³-hybridized carbons (Fsp3) is 0.483. The van der Waals surface area contributed by atoms with Crippen LogP contribution in [0.25, 0.3) is 0 Å². The van der Waals surface area contributed by atoms with Gasteiger partial charge in [-0.05, 0) is 50.1 Å². The molecule has 0 bridgehead atoms. The van der Waals surface area contributed by atoms with Crippen molar-refractivity contribution in [1.29, 1.82) is 0 Å². The van der Waals surface area contributed by atoms with Crippen LogP contribution in [-0.4, -0.2) is 85.3 Å². The summed E-state index contributed by atoms with van der Waals surface area (Å²) in [6.45, 7) is 4.00. The fourth-order valence-electron chi connectivity index (χ4n) is 5.54. The number of hydrogen-bond acceptors (Lipinski definition) is 6. The highest BCUT2D eigenvalue weighted by Gasteiger charge is 2.54. The molecule has 0 unspecified atom stereocenters. The van der Waals surface area contributed by atoms with E-state index >= 15 is 0 Å². The first-order chi connectivity index (χ1) is 18.4. The standard InChI is InChI=1S/C29H35N3O6/c1-20-8-10-21(11-9-20)28(35)32-25(26(33)30-18-24-7-4-16-37-24)19-38-29(32)12-14-31(15-13-29)27(34)22-5-3-6-23(17-22)36-2/h3,5-6,8-11,17,24-25H,4,7,12-16,18-19H2,1-2H3,(H,30,33)/t24-,25+/m1/s1. The van der Waals surface area contributed by atoms with Gasteiger partial charge in [-0.25, -0.2) is 0 Å². The number of ether oxygens (including phenoxy) is 3. The Labute approximate surface area is 223 Å². The van der Waals surface area contributed by atoms with E-state index in [2.05, 4.69) is 5.32 Å². The molecular weight excluding hydrogens is 486 g/mol. The van der Waals surface area contributed by atoms with Crippen LogP contribution in [0.15, 0.2) is 48.5 Å². The van der Waals surface area contributed by atoms with Gasteiger partial charge in [-0.2, -0.15) is 0 Å². The minimum atomic E-state index is -0.959. The maximum atomic E-state index is 13.9. The summed E-state index contributed by atoms with van der Waals surface area (Å²) in [4.78, 5) is 43.8. The van der Waals surface area contributed by atoms with Crippen LogP contribution >= 0.6 is 0 Å². The van der Waals surface area contributed by atoms with E-state index in [0.29, 0.717) is 56.0 Å². The van der Waals surface area contributed by atoms with E-state index in [0.717, 1.165) is 18.4 Å². The monoisotopic (exact) mass is 521 g/mol. The molecule has 3 saturated heterocycles. The summed E-state index contributed by atoms with van der Waals surface area (Å²) in [6.07, 6.45) is 2.72. The van der Waals surface area contributed by atoms with Crippen LogP contribution in [0.3, 0.4) is 0 Å². The first-order valence-electron chi connectivity index (χ1n) is 13.3. The molecule has 3 fully saturated rings. The molecule has 1 N–H and O–H groups in total. The molecule has 9 nitrogen and oxygen atoms in total. The second-order valence-electron chi connectivity index (χ2n) is 10.2. The highest BCUT2D eigenvalue weighted by molar-refractivity contribution is 5.98. The molecule has 2 aromatic carbocycles. The number of likely N-dealkylation sites (tertiary alicyclic amines) is 1. The quantitative estimate of drug-likeness (QED) is 0.628. The van der Waals surface area contributed by atoms with Crippen molar-refractivity contribution in [3.05, 3.63) is 65.2 Å². The SMILES string of the molecule is COc1cccc(C(=O)N2CCC3(CC2)OC[C@@H](C(=O)NC[C@H]2CCCO2)N3C(=O)c2ccc(C)cc2)c1. The van der Waals surface area contributed by atoms with Crippen LogP contribution < -0.4 is 10.1 Å². The molecule has 0 saturated carbocycles. The lowest BCUT2D eigenvalue weighted by molar-refractivity contribution is -0.128. The van der Waals surface area contributed by atoms with Crippen molar-refractivity contribution in [2.24, 2.45) is 0 Å². The molecule has 3 amide bonds. The van der Waals surface area contributed by atoms with Gasteiger partial charge in [-0.15, -0.1) is 0 Å². The summed E-state index contributed by atoms with van der Waals surface area (Å²) in [5.74, 6) is 0.0364. The Morgan fingerprint density at radius 1 is 1.05 bits per heavy atom. The molecule has 0 radical (unpaired) electrons. The zero-order valence-electron chi connectivity index (χ0n) is 22.0. The Hall–Kier alpha value is -3.43. The van der Waals surface area contributed by atoms with Crippen LogP contribution in [0.5, 0.6) is 5.75 Å². The van der Waals surface area contributed by atoms with Crippen molar-refractivity contribution in [3.63, 3.8) is 0 Å². The Kier molecular flexibility index (Phi) is 7.67. The van der Waals surface area contributed by atoms with Gasteiger partial charge in [-0.1, -0.05) is 23.8 Å². The van der Waals surface area contributed by atoms with E-state index < -0.39 is 11.8 Å². The third-order valence-electron chi connectivity index (χ3n) is 7.76. The highest BCUT2D eigenvalue weighted by Crippen LogP contribution is 2.39. The first-order valence-corrected chi connectivity index (χ1v) is 13.3. The van der Waals surface area contributed by atoms with Crippen LogP contribution in [0.2, 0.25) is 0 Å². The zero-order valence-corrected chi connectivity index (χ0v) is 22.0. The number of carbonyl (C=O) groups is 3. The molecule has 202 valence electrons. The van der Waals surface area contributed by atoms with Gasteiger partial charge >= 0.3 is 0 Å². The van der Waals surface area contributed by atoms with Crippen molar-refractivity contribution >= 4 is 17.7 Å². The summed E-state index contributed by atoms with van der Waals surface area (Å²) >= 11 is 0. The summed E-state index contributed by atoms with van der Waals surface area (Å²) in [5.41, 5.74) is 1.14. The molecule has 2 aromatic rings. The van der Waals surface area contributed by atoms with Crippen LogP contribution in [0, 0.1) is 6.92 Å². The lowest BCUT2D eigenvalue weighted by atomic mass is 9.96. The molecule has 2 atom stereocenters. The Morgan fingerprint density at radius 2 is 1.82 bits per heavy atom. The topological polar surface area (TPSA) is 97.4 Å². The van der Waals surface area contributed by atoms with Gasteiger partial charge in [0.1, 0.15) is 17.5 Å². The maximum Gasteiger partial charge on any atom is 0.256 e. The number of aryl methyl sites for hydroxylation is 1. The third kappa shape index (κ3) is 5.26. The Morgan fingerprint density at radius 3 is 2.50 bits per heavy atom. The third-order valence-corrected chi connectivity index (χ3v) is 7.76. The molecular formula is C29H35N3O6. The van der Waals surface area contributed by atoms with Gasteiger partial charge in [-0.3, -0.25) is 19.3 Å². The minimum absolute atomic E-state index is 0.00217. The maximum absolute atomic E-state index is 13.9. The normalized spacial score (nSPS) is 22.5. The number of nitrogens with one attached hydrogen (secondary N) is 1. The molecule has 9 heteroatoms. The summed E-state index contributed by atoms with van der Waals surface area (Å²) in [7, 11) is 1.57. The Bertz CT molecular complexity index is 1170. The average Bonchev–Trinajstić information content (AvgIpc) is 3.60. The van der Waals surface area contributed by atoms with E-state index in [9.17, 15) is 14.4 Å². The number of carbonyl (C=O) groups excluding carboxylic acids is 3. The predicted molar refractivity (Wildman–Crippen MR) is 140 cm³/mol. The van der Waals surface area contributed by atoms with E-state index in [1.807, 2.05) is 19.1 Å². The van der Waals surface area contributed by atoms with Crippen molar-refractivity contribution in [3.8, 4) is 5.75 Å². The fourth-order valence-corrected chi connectivity index (χ4v) is 5.54. The summed E-state index contributed by atoms with van der Waals surface area (Å²) in [6, 6.07) is 13.7. The Balaban J connectivity index is 1.34. The van der Waals surface area contributed by atoms with Crippen molar-refractivity contribution in [1.82, 2.24) is 15.1 Å². The number of hydrogen-bond donors (Lipinski definition) is 1. The van der Waals surface area contributed by atoms with E-state index in [4.69, 9.17) is 14.2 Å². The number of amides is 3. The summed E-state index contributed by atoms with van der Waals surface area (Å²) < 4.78 is 17.2. The van der Waals surface area contributed by atoms with Gasteiger partial charge in [0, 0.05) is 50.2 Å². The average molecular weight is 522 g/mol. The minimum Gasteiger partial charge on any atom is -0.497 e. The van der Waals surface area contributed by atoms with Crippen LogP contribution in [0.4, 0.5) is 0 Å². The molecule has 3 aliphatic rings. The molecule has 3 aliphatic heterocycles. The van der Waals surface area contributed by atoms with Gasteiger partial charge in [0.15, 0.2) is 0 Å². The number of methoxy groups -OCH3 is 1. The van der Waals surface area contributed by atoms with Gasteiger partial charge in [0.05, 0.1) is 19.8 Å². The second-order valence-corrected chi connectivity index (χ2v) is 10.2. The lowest BCUT2D eigenvalue weighted by Crippen LogP contribution is -2.60. The molecule has 5 rings (SSSR count). The van der Waals surface area contributed by atoms with Crippen molar-refractivity contribution in [2.45, 2.75) is 50.5 Å². The van der Waals surface area contributed by atoms with Gasteiger partial charge in [0.25, 0.3) is 11.8 Å². The molecule has 0 aromatic heterocycles.